The summed E-state index contributed by atoms with van der Waals surface area (Å²) in [5.41, 5.74) is 1.38. The number of hydrogen-bond donors (Lipinski definition) is 0. The van der Waals surface area contributed by atoms with E-state index in [1.165, 1.54) is 12.1 Å². The molecule has 2 heterocycles. The monoisotopic (exact) mass is 285 g/mol. The lowest BCUT2D eigenvalue weighted by atomic mass is 10.1. The predicted octanol–water partition coefficient (Wildman–Crippen LogP) is 2.75. The zero-order valence-corrected chi connectivity index (χ0v) is 11.5. The van der Waals surface area contributed by atoms with E-state index < -0.39 is 4.92 Å². The second kappa shape index (κ2) is 5.47. The first-order chi connectivity index (χ1) is 10.1. The molecule has 0 aromatic heterocycles. The van der Waals surface area contributed by atoms with Gasteiger partial charge in [-0.2, -0.15) is 4.99 Å². The first-order valence-corrected chi connectivity index (χ1v) is 7.01. The molecule has 0 spiro atoms. The number of amidine groups is 1. The quantitative estimate of drug-likeness (QED) is 0.475. The number of rotatable bonds is 2. The van der Waals surface area contributed by atoms with Crippen molar-refractivity contribution in [2.75, 3.05) is 6.54 Å². The second-order valence-electron chi connectivity index (χ2n) is 5.17. The molecule has 0 radical (unpaired) electrons. The minimum absolute atomic E-state index is 0.0432. The van der Waals surface area contributed by atoms with Gasteiger partial charge in [0.15, 0.2) is 0 Å². The van der Waals surface area contributed by atoms with Crippen molar-refractivity contribution in [1.82, 2.24) is 4.90 Å². The van der Waals surface area contributed by atoms with Gasteiger partial charge < -0.3 is 4.90 Å². The molecule has 108 valence electrons. The fourth-order valence-corrected chi connectivity index (χ4v) is 2.65. The lowest BCUT2D eigenvalue weighted by Gasteiger charge is -2.18. The third kappa shape index (κ3) is 2.69. The van der Waals surface area contributed by atoms with Gasteiger partial charge in [-0.25, -0.2) is 0 Å². The molecule has 6 heteroatoms. The van der Waals surface area contributed by atoms with Gasteiger partial charge in [-0.1, -0.05) is 6.42 Å². The fourth-order valence-electron chi connectivity index (χ4n) is 2.65. The van der Waals surface area contributed by atoms with E-state index in [9.17, 15) is 14.9 Å². The van der Waals surface area contributed by atoms with Crippen LogP contribution in [0.1, 0.15) is 31.2 Å². The van der Waals surface area contributed by atoms with Crippen molar-refractivity contribution in [3.63, 3.8) is 0 Å². The fraction of sp³-hybridized carbons (Fsp3) is 0.333. The molecule has 2 aliphatic heterocycles. The van der Waals surface area contributed by atoms with E-state index in [1.54, 1.807) is 18.2 Å². The molecule has 1 saturated heterocycles. The van der Waals surface area contributed by atoms with Crippen molar-refractivity contribution in [2.45, 2.75) is 25.7 Å². The van der Waals surface area contributed by atoms with Gasteiger partial charge >= 0.3 is 0 Å². The highest BCUT2D eigenvalue weighted by Crippen LogP contribution is 2.25. The van der Waals surface area contributed by atoms with Crippen molar-refractivity contribution < 1.29 is 9.72 Å². The summed E-state index contributed by atoms with van der Waals surface area (Å²) in [7, 11) is 0. The zero-order valence-electron chi connectivity index (χ0n) is 11.5. The number of aliphatic imine (C=N–C) groups is 1. The Balaban J connectivity index is 1.88. The number of nitro benzene ring substituents is 1. The van der Waals surface area contributed by atoms with E-state index in [1.807, 2.05) is 4.90 Å². The minimum atomic E-state index is -0.437. The van der Waals surface area contributed by atoms with E-state index in [2.05, 4.69) is 4.99 Å². The van der Waals surface area contributed by atoms with Crippen LogP contribution in [0, 0.1) is 10.1 Å². The lowest BCUT2D eigenvalue weighted by molar-refractivity contribution is -0.384. The van der Waals surface area contributed by atoms with Crippen molar-refractivity contribution in [2.24, 2.45) is 4.99 Å². The molecular formula is C15H15N3O3. The number of non-ortho nitro benzene ring substituents is 1. The van der Waals surface area contributed by atoms with E-state index in [0.717, 1.165) is 43.6 Å². The lowest BCUT2D eigenvalue weighted by Crippen LogP contribution is -2.26. The Morgan fingerprint density at radius 1 is 1.19 bits per heavy atom. The van der Waals surface area contributed by atoms with Crippen molar-refractivity contribution in [3.8, 4) is 0 Å². The van der Waals surface area contributed by atoms with Gasteiger partial charge in [-0.05, 0) is 36.6 Å². The molecule has 3 rings (SSSR count). The maximum absolute atomic E-state index is 12.0. The number of carbonyl (C=O) groups excluding carboxylic acids is 1. The molecule has 0 atom stereocenters. The van der Waals surface area contributed by atoms with Crippen LogP contribution in [0.2, 0.25) is 0 Å². The Kier molecular flexibility index (Phi) is 3.51. The standard InChI is InChI=1S/C15H15N3O3/c19-15-13(17-9-3-1-2-4-14(17)16-15)10-11-5-7-12(8-6-11)18(20)21/h5-8,10H,1-4,9H2. The highest BCUT2D eigenvalue weighted by Gasteiger charge is 2.29. The average molecular weight is 285 g/mol. The molecule has 0 bridgehead atoms. The molecule has 21 heavy (non-hydrogen) atoms. The summed E-state index contributed by atoms with van der Waals surface area (Å²) in [4.78, 5) is 28.3. The number of hydrogen-bond acceptors (Lipinski definition) is 4. The van der Waals surface area contributed by atoms with Crippen LogP contribution in [0.15, 0.2) is 35.0 Å². The molecule has 6 nitrogen and oxygen atoms in total. The second-order valence-corrected chi connectivity index (χ2v) is 5.17. The van der Waals surface area contributed by atoms with Gasteiger partial charge in [0, 0.05) is 25.1 Å². The Hall–Kier alpha value is -2.50. The maximum atomic E-state index is 12.0. The first kappa shape index (κ1) is 13.5. The van der Waals surface area contributed by atoms with Gasteiger partial charge in [0.1, 0.15) is 11.5 Å². The van der Waals surface area contributed by atoms with Gasteiger partial charge in [-0.15, -0.1) is 0 Å². The summed E-state index contributed by atoms with van der Waals surface area (Å²) in [6.45, 7) is 0.809. The third-order valence-electron chi connectivity index (χ3n) is 3.74. The number of benzene rings is 1. The molecule has 1 amide bonds. The van der Waals surface area contributed by atoms with Gasteiger partial charge in [0.25, 0.3) is 11.6 Å². The SMILES string of the molecule is O=C1N=C2CCCCCN2C1=Cc1ccc([N+](=O)[O-])cc1. The Morgan fingerprint density at radius 3 is 2.67 bits per heavy atom. The van der Waals surface area contributed by atoms with E-state index in [-0.39, 0.29) is 11.6 Å². The number of fused-ring (bicyclic) bond motifs is 1. The summed E-state index contributed by atoms with van der Waals surface area (Å²) in [5.74, 6) is 0.635. The van der Waals surface area contributed by atoms with E-state index in [4.69, 9.17) is 0 Å². The van der Waals surface area contributed by atoms with Crippen LogP contribution in [0.3, 0.4) is 0 Å². The van der Waals surface area contributed by atoms with Crippen LogP contribution < -0.4 is 0 Å². The van der Waals surface area contributed by atoms with Crippen molar-refractivity contribution >= 4 is 23.5 Å². The van der Waals surface area contributed by atoms with E-state index >= 15 is 0 Å². The molecule has 0 aliphatic carbocycles. The van der Waals surface area contributed by atoms with Gasteiger partial charge in [0.05, 0.1) is 4.92 Å². The van der Waals surface area contributed by atoms with Crippen LogP contribution >= 0.6 is 0 Å². The first-order valence-electron chi connectivity index (χ1n) is 7.01. The van der Waals surface area contributed by atoms with Crippen LogP contribution in [0.25, 0.3) is 6.08 Å². The summed E-state index contributed by atoms with van der Waals surface area (Å²) in [5, 5.41) is 10.6. The molecule has 0 saturated carbocycles. The summed E-state index contributed by atoms with van der Waals surface area (Å²) in [6, 6.07) is 6.18. The molecule has 1 aromatic carbocycles. The van der Waals surface area contributed by atoms with Crippen LogP contribution in [-0.2, 0) is 4.79 Å². The van der Waals surface area contributed by atoms with Gasteiger partial charge in [-0.3, -0.25) is 14.9 Å². The minimum Gasteiger partial charge on any atom is -0.325 e. The molecular weight excluding hydrogens is 270 g/mol. The summed E-state index contributed by atoms with van der Waals surface area (Å²) >= 11 is 0. The predicted molar refractivity (Wildman–Crippen MR) is 78.7 cm³/mol. The van der Waals surface area contributed by atoms with Crippen molar-refractivity contribution in [3.05, 3.63) is 45.6 Å². The van der Waals surface area contributed by atoms with Crippen LogP contribution in [0.5, 0.6) is 0 Å². The average Bonchev–Trinajstić information content (AvgIpc) is 2.65. The Bertz CT molecular complexity index is 647. The molecule has 1 fully saturated rings. The van der Waals surface area contributed by atoms with Gasteiger partial charge in [0.2, 0.25) is 0 Å². The number of amides is 1. The number of nitrogens with zero attached hydrogens (tertiary/aromatic N) is 3. The number of nitro groups is 1. The number of carbonyl (C=O) groups is 1. The van der Waals surface area contributed by atoms with E-state index in [0.29, 0.717) is 5.70 Å². The summed E-state index contributed by atoms with van der Waals surface area (Å²) < 4.78 is 0. The zero-order chi connectivity index (χ0) is 14.8. The maximum Gasteiger partial charge on any atom is 0.295 e. The highest BCUT2D eigenvalue weighted by molar-refractivity contribution is 6.13. The molecule has 0 unspecified atom stereocenters. The highest BCUT2D eigenvalue weighted by atomic mass is 16.6. The third-order valence-corrected chi connectivity index (χ3v) is 3.74. The van der Waals surface area contributed by atoms with Crippen LogP contribution in [0.4, 0.5) is 5.69 Å². The Labute approximate surface area is 121 Å². The smallest absolute Gasteiger partial charge is 0.295 e. The molecule has 1 aromatic rings. The van der Waals surface area contributed by atoms with Crippen LogP contribution in [-0.4, -0.2) is 28.1 Å². The Morgan fingerprint density at radius 2 is 1.95 bits per heavy atom. The molecule has 0 N–H and O–H groups in total. The molecule has 2 aliphatic rings. The largest absolute Gasteiger partial charge is 0.325 e. The topological polar surface area (TPSA) is 75.8 Å². The summed E-state index contributed by atoms with van der Waals surface area (Å²) in [6.07, 6.45) is 5.85. The normalized spacial score (nSPS) is 20.2. The van der Waals surface area contributed by atoms with Crippen molar-refractivity contribution in [1.29, 1.82) is 0 Å².